The molecule has 0 spiro atoms. The maximum atomic E-state index is 4.58. The predicted octanol–water partition coefficient (Wildman–Crippen LogP) is 8.18. The normalized spacial score (nSPS) is 19.8. The van der Waals surface area contributed by atoms with Gasteiger partial charge in [-0.3, -0.25) is 0 Å². The van der Waals surface area contributed by atoms with Gasteiger partial charge in [0.2, 0.25) is 0 Å². The summed E-state index contributed by atoms with van der Waals surface area (Å²) in [5.74, 6) is 1.60. The molecule has 1 aliphatic carbocycles. The van der Waals surface area contributed by atoms with Crippen LogP contribution in [0, 0.1) is 5.92 Å². The molecule has 0 radical (unpaired) electrons. The molecule has 2 nitrogen and oxygen atoms in total. The van der Waals surface area contributed by atoms with Crippen LogP contribution in [-0.2, 0) is 6.42 Å². The van der Waals surface area contributed by atoms with Crippen molar-refractivity contribution in [2.24, 2.45) is 5.92 Å². The molecule has 1 heterocycles. The quantitative estimate of drug-likeness (QED) is 0.357. The zero-order valence-electron chi connectivity index (χ0n) is 18.0. The Bertz CT molecular complexity index is 668. The van der Waals surface area contributed by atoms with Crippen LogP contribution >= 0.6 is 11.3 Å². The van der Waals surface area contributed by atoms with Crippen molar-refractivity contribution in [3.63, 3.8) is 0 Å². The van der Waals surface area contributed by atoms with Crippen LogP contribution in [0.4, 0.5) is 0 Å². The van der Waals surface area contributed by atoms with Crippen molar-refractivity contribution >= 4 is 11.3 Å². The third kappa shape index (κ3) is 6.40. The topological polar surface area (TPSA) is 25.8 Å². The summed E-state index contributed by atoms with van der Waals surface area (Å²) in [7, 11) is 0. The van der Waals surface area contributed by atoms with Gasteiger partial charge in [0.05, 0.1) is 0 Å². The lowest BCUT2D eigenvalue weighted by atomic mass is 9.80. The molecule has 1 aliphatic rings. The molecule has 0 aliphatic heterocycles. The molecule has 1 aromatic carbocycles. The molecule has 0 atom stereocenters. The van der Waals surface area contributed by atoms with E-state index in [2.05, 4.69) is 48.3 Å². The third-order valence-corrected chi connectivity index (χ3v) is 7.51. The van der Waals surface area contributed by atoms with Gasteiger partial charge in [-0.2, -0.15) is 0 Å². The van der Waals surface area contributed by atoms with Crippen LogP contribution in [0.5, 0.6) is 0 Å². The lowest BCUT2D eigenvalue weighted by Gasteiger charge is -2.27. The van der Waals surface area contributed by atoms with E-state index in [-0.39, 0.29) is 0 Å². The fourth-order valence-corrected chi connectivity index (χ4v) is 5.48. The first-order valence-electron chi connectivity index (χ1n) is 11.7. The monoisotopic (exact) mass is 398 g/mol. The number of hydrogen-bond acceptors (Lipinski definition) is 3. The summed E-state index contributed by atoms with van der Waals surface area (Å²) in [6, 6.07) is 9.04. The van der Waals surface area contributed by atoms with Gasteiger partial charge >= 0.3 is 0 Å². The van der Waals surface area contributed by atoms with E-state index in [4.69, 9.17) is 0 Å². The van der Waals surface area contributed by atoms with Crippen molar-refractivity contribution in [3.05, 3.63) is 34.8 Å². The van der Waals surface area contributed by atoms with Crippen molar-refractivity contribution in [1.82, 2.24) is 10.2 Å². The van der Waals surface area contributed by atoms with Crippen molar-refractivity contribution < 1.29 is 0 Å². The Kier molecular flexibility index (Phi) is 8.98. The van der Waals surface area contributed by atoms with E-state index in [1.54, 1.807) is 0 Å². The number of nitrogens with zero attached hydrogens (tertiary/aromatic N) is 2. The Morgan fingerprint density at radius 1 is 0.821 bits per heavy atom. The number of benzene rings is 1. The maximum Gasteiger partial charge on any atom is 0.147 e. The van der Waals surface area contributed by atoms with E-state index < -0.39 is 0 Å². The van der Waals surface area contributed by atoms with Gasteiger partial charge in [0.15, 0.2) is 0 Å². The highest BCUT2D eigenvalue weighted by Crippen LogP contribution is 2.40. The molecule has 0 unspecified atom stereocenters. The number of aromatic nitrogens is 2. The largest absolute Gasteiger partial charge is 0.147 e. The number of rotatable bonds is 11. The predicted molar refractivity (Wildman–Crippen MR) is 122 cm³/mol. The summed E-state index contributed by atoms with van der Waals surface area (Å²) in [6.45, 7) is 4.56. The Balaban J connectivity index is 1.49. The summed E-state index contributed by atoms with van der Waals surface area (Å²) in [4.78, 5) is 0. The van der Waals surface area contributed by atoms with Crippen molar-refractivity contribution in [2.75, 3.05) is 0 Å². The second-order valence-electron chi connectivity index (χ2n) is 8.67. The summed E-state index contributed by atoms with van der Waals surface area (Å²) in [5, 5.41) is 11.5. The second kappa shape index (κ2) is 11.7. The summed E-state index contributed by atoms with van der Waals surface area (Å²) >= 11 is 1.82. The number of hydrogen-bond donors (Lipinski definition) is 0. The molecule has 0 N–H and O–H groups in total. The third-order valence-electron chi connectivity index (χ3n) is 6.37. The Hall–Kier alpha value is -1.22. The minimum Gasteiger partial charge on any atom is -0.143 e. The molecule has 0 amide bonds. The molecule has 1 fully saturated rings. The zero-order valence-corrected chi connectivity index (χ0v) is 18.8. The molecule has 1 aromatic heterocycles. The van der Waals surface area contributed by atoms with Crippen molar-refractivity contribution in [3.8, 4) is 10.6 Å². The van der Waals surface area contributed by atoms with E-state index in [1.165, 1.54) is 99.6 Å². The van der Waals surface area contributed by atoms with Crippen molar-refractivity contribution in [2.45, 2.75) is 103 Å². The van der Waals surface area contributed by atoms with Gasteiger partial charge in [-0.1, -0.05) is 94.4 Å². The van der Waals surface area contributed by atoms with E-state index in [0.717, 1.165) is 10.9 Å². The van der Waals surface area contributed by atoms with Crippen LogP contribution in [0.25, 0.3) is 10.6 Å². The lowest BCUT2D eigenvalue weighted by molar-refractivity contribution is 0.302. The highest BCUT2D eigenvalue weighted by atomic mass is 32.1. The van der Waals surface area contributed by atoms with Gasteiger partial charge < -0.3 is 0 Å². The molecule has 28 heavy (non-hydrogen) atoms. The fourth-order valence-electron chi connectivity index (χ4n) is 4.47. The second-order valence-corrected chi connectivity index (χ2v) is 9.68. The van der Waals surface area contributed by atoms with E-state index in [1.807, 2.05) is 11.3 Å². The van der Waals surface area contributed by atoms with Gasteiger partial charge in [0, 0.05) is 11.5 Å². The zero-order chi connectivity index (χ0) is 19.6. The van der Waals surface area contributed by atoms with Gasteiger partial charge in [-0.05, 0) is 50.0 Å². The maximum absolute atomic E-state index is 4.58. The van der Waals surface area contributed by atoms with Crippen LogP contribution in [-0.4, -0.2) is 10.2 Å². The number of aryl methyl sites for hydroxylation is 1. The van der Waals surface area contributed by atoms with E-state index >= 15 is 0 Å². The van der Waals surface area contributed by atoms with Gasteiger partial charge in [0.1, 0.15) is 10.0 Å². The van der Waals surface area contributed by atoms with Gasteiger partial charge in [-0.25, -0.2) is 0 Å². The van der Waals surface area contributed by atoms with Crippen LogP contribution in [0.3, 0.4) is 0 Å². The first-order chi connectivity index (χ1) is 13.8. The minimum absolute atomic E-state index is 0.645. The lowest BCUT2D eigenvalue weighted by Crippen LogP contribution is -2.13. The average Bonchev–Trinajstić information content (AvgIpc) is 3.23. The molecule has 2 aromatic rings. The standard InChI is InChI=1S/C25H38N2S/c1-3-5-7-9-11-21-14-18-23(19-15-21)25-27-26-24(28-25)22-16-12-20(13-17-22)10-8-6-4-2/h14-15,18-20,22H,3-13,16-17H2,1-2H3. The Labute approximate surface area is 176 Å². The molecular weight excluding hydrogens is 360 g/mol. The van der Waals surface area contributed by atoms with E-state index in [9.17, 15) is 0 Å². The van der Waals surface area contributed by atoms with Crippen LogP contribution in [0.2, 0.25) is 0 Å². The molecule has 0 bridgehead atoms. The first-order valence-corrected chi connectivity index (χ1v) is 12.5. The molecular formula is C25H38N2S. The molecule has 3 heteroatoms. The fraction of sp³-hybridized carbons (Fsp3) is 0.680. The Morgan fingerprint density at radius 3 is 2.25 bits per heavy atom. The van der Waals surface area contributed by atoms with Crippen molar-refractivity contribution in [1.29, 1.82) is 0 Å². The highest BCUT2D eigenvalue weighted by molar-refractivity contribution is 7.14. The smallest absolute Gasteiger partial charge is 0.143 e. The van der Waals surface area contributed by atoms with Gasteiger partial charge in [0.25, 0.3) is 0 Å². The number of unbranched alkanes of at least 4 members (excludes halogenated alkanes) is 5. The SMILES string of the molecule is CCCCCCc1ccc(-c2nnc(C3CCC(CCCCC)CC3)s2)cc1. The van der Waals surface area contributed by atoms with Crippen LogP contribution in [0.1, 0.15) is 107 Å². The average molecular weight is 399 g/mol. The summed E-state index contributed by atoms with van der Waals surface area (Å²) in [6.07, 6.45) is 17.5. The Morgan fingerprint density at radius 2 is 1.54 bits per heavy atom. The minimum atomic E-state index is 0.645. The summed E-state index contributed by atoms with van der Waals surface area (Å²) < 4.78 is 0. The molecule has 154 valence electrons. The van der Waals surface area contributed by atoms with Crippen LogP contribution < -0.4 is 0 Å². The molecule has 1 saturated carbocycles. The molecule has 3 rings (SSSR count). The van der Waals surface area contributed by atoms with E-state index in [0.29, 0.717) is 5.92 Å². The molecule has 0 saturated heterocycles. The van der Waals surface area contributed by atoms with Gasteiger partial charge in [-0.15, -0.1) is 10.2 Å². The first kappa shape index (κ1) is 21.5. The highest BCUT2D eigenvalue weighted by Gasteiger charge is 2.25. The van der Waals surface area contributed by atoms with Crippen LogP contribution in [0.15, 0.2) is 24.3 Å². The summed E-state index contributed by atoms with van der Waals surface area (Å²) in [5.41, 5.74) is 2.68.